The van der Waals surface area contributed by atoms with Gasteiger partial charge in [0.05, 0.1) is 0 Å². The van der Waals surface area contributed by atoms with Gasteiger partial charge in [0.1, 0.15) is 0 Å². The second-order valence-corrected chi connectivity index (χ2v) is 5.50. The third-order valence-corrected chi connectivity index (χ3v) is 3.01. The summed E-state index contributed by atoms with van der Waals surface area (Å²) in [7, 11) is 0. The number of hydrogen-bond acceptors (Lipinski definition) is 0. The Morgan fingerprint density at radius 1 is 1.17 bits per heavy atom. The van der Waals surface area contributed by atoms with Crippen molar-refractivity contribution in [2.75, 3.05) is 0 Å². The van der Waals surface area contributed by atoms with Gasteiger partial charge in [-0.1, -0.05) is 67.5 Å². The molecule has 0 heterocycles. The minimum atomic E-state index is 0.751. The summed E-state index contributed by atoms with van der Waals surface area (Å²) in [6.45, 7) is 8.82. The van der Waals surface area contributed by atoms with Crippen LogP contribution < -0.4 is 0 Å². The molecule has 1 aromatic carbocycles. The summed E-state index contributed by atoms with van der Waals surface area (Å²) in [6, 6.07) is 8.84. The molecule has 18 heavy (non-hydrogen) atoms. The molecule has 0 bridgehead atoms. The average molecular weight is 242 g/mol. The van der Waals surface area contributed by atoms with Gasteiger partial charge in [-0.15, -0.1) is 0 Å². The number of rotatable bonds is 6. The molecule has 0 aliphatic carbocycles. The van der Waals surface area contributed by atoms with Crippen molar-refractivity contribution in [1.29, 1.82) is 0 Å². The van der Waals surface area contributed by atoms with Crippen molar-refractivity contribution in [3.63, 3.8) is 0 Å². The standard InChI is InChI=1S/C18H26/c1-15(2)7-5-8-16(3)9-6-10-18-13-11-17(4)12-14-18/h5,8-9,11-15H,6-7,10H2,1-4H3/b8-5+,16-9+. The van der Waals surface area contributed by atoms with Gasteiger partial charge in [0.2, 0.25) is 0 Å². The lowest BCUT2D eigenvalue weighted by atomic mass is 10.1. The van der Waals surface area contributed by atoms with Gasteiger partial charge < -0.3 is 0 Å². The molecule has 0 unspecified atom stereocenters. The van der Waals surface area contributed by atoms with Crippen molar-refractivity contribution in [2.24, 2.45) is 5.92 Å². The second kappa shape index (κ2) is 7.92. The molecule has 0 nitrogen and oxygen atoms in total. The van der Waals surface area contributed by atoms with E-state index in [0.29, 0.717) is 0 Å². The maximum atomic E-state index is 2.33. The number of benzene rings is 1. The minimum Gasteiger partial charge on any atom is -0.0840 e. The van der Waals surface area contributed by atoms with Crippen LogP contribution in [-0.2, 0) is 6.42 Å². The summed E-state index contributed by atoms with van der Waals surface area (Å²) in [5, 5.41) is 0. The van der Waals surface area contributed by atoms with E-state index in [0.717, 1.165) is 18.8 Å². The van der Waals surface area contributed by atoms with Crippen LogP contribution in [0.1, 0.15) is 44.7 Å². The van der Waals surface area contributed by atoms with Gasteiger partial charge in [-0.3, -0.25) is 0 Å². The molecule has 0 aliphatic rings. The van der Waals surface area contributed by atoms with Crippen LogP contribution in [0.5, 0.6) is 0 Å². The number of allylic oxidation sites excluding steroid dienone is 4. The first kappa shape index (κ1) is 14.8. The highest BCUT2D eigenvalue weighted by Gasteiger charge is 1.92. The zero-order chi connectivity index (χ0) is 13.4. The molecular formula is C18H26. The Balaban J connectivity index is 2.35. The van der Waals surface area contributed by atoms with E-state index in [2.05, 4.69) is 70.2 Å². The van der Waals surface area contributed by atoms with E-state index in [9.17, 15) is 0 Å². The Morgan fingerprint density at radius 2 is 1.83 bits per heavy atom. The quantitative estimate of drug-likeness (QED) is 0.580. The molecule has 1 aromatic rings. The smallest absolute Gasteiger partial charge is 0.0244 e. The Bertz CT molecular complexity index is 391. The van der Waals surface area contributed by atoms with Crippen LogP contribution in [0.3, 0.4) is 0 Å². The SMILES string of the molecule is CC(/C=C/CC(C)C)=C\CCc1ccc(C)cc1. The molecule has 0 radical (unpaired) electrons. The molecule has 0 saturated heterocycles. The molecule has 0 fully saturated rings. The van der Waals surface area contributed by atoms with E-state index < -0.39 is 0 Å². The molecule has 0 aromatic heterocycles. The van der Waals surface area contributed by atoms with E-state index in [1.807, 2.05) is 0 Å². The lowest BCUT2D eigenvalue weighted by Gasteiger charge is -2.00. The van der Waals surface area contributed by atoms with E-state index >= 15 is 0 Å². The Hall–Kier alpha value is -1.30. The first-order chi connectivity index (χ1) is 8.58. The number of hydrogen-bond donors (Lipinski definition) is 0. The van der Waals surface area contributed by atoms with Gasteiger partial charge in [-0.25, -0.2) is 0 Å². The zero-order valence-corrected chi connectivity index (χ0v) is 12.2. The monoisotopic (exact) mass is 242 g/mol. The molecule has 0 spiro atoms. The van der Waals surface area contributed by atoms with Gasteiger partial charge in [0, 0.05) is 0 Å². The maximum Gasteiger partial charge on any atom is -0.0244 e. The molecule has 0 atom stereocenters. The van der Waals surface area contributed by atoms with Crippen molar-refractivity contribution in [1.82, 2.24) is 0 Å². The van der Waals surface area contributed by atoms with Crippen LogP contribution in [0.4, 0.5) is 0 Å². The highest BCUT2D eigenvalue weighted by atomic mass is 14.0. The Morgan fingerprint density at radius 3 is 2.44 bits per heavy atom. The Kier molecular flexibility index (Phi) is 6.49. The molecule has 98 valence electrons. The third-order valence-electron chi connectivity index (χ3n) is 3.01. The van der Waals surface area contributed by atoms with Crippen LogP contribution in [0.15, 0.2) is 48.1 Å². The summed E-state index contributed by atoms with van der Waals surface area (Å²) in [5.41, 5.74) is 4.14. The van der Waals surface area contributed by atoms with Crippen LogP contribution in [0.25, 0.3) is 0 Å². The largest absolute Gasteiger partial charge is 0.0840 e. The van der Waals surface area contributed by atoms with Crippen molar-refractivity contribution < 1.29 is 0 Å². The first-order valence-corrected chi connectivity index (χ1v) is 6.97. The van der Waals surface area contributed by atoms with Gasteiger partial charge in [0.25, 0.3) is 0 Å². The highest BCUT2D eigenvalue weighted by molar-refractivity contribution is 5.22. The lowest BCUT2D eigenvalue weighted by molar-refractivity contribution is 0.663. The van der Waals surface area contributed by atoms with Gasteiger partial charge in [-0.05, 0) is 44.6 Å². The van der Waals surface area contributed by atoms with Crippen molar-refractivity contribution >= 4 is 0 Å². The molecule has 0 amide bonds. The topological polar surface area (TPSA) is 0 Å². The molecule has 0 saturated carbocycles. The molecular weight excluding hydrogens is 216 g/mol. The highest BCUT2D eigenvalue weighted by Crippen LogP contribution is 2.08. The zero-order valence-electron chi connectivity index (χ0n) is 12.2. The number of aryl methyl sites for hydroxylation is 2. The van der Waals surface area contributed by atoms with E-state index in [4.69, 9.17) is 0 Å². The predicted octanol–water partition coefficient (Wildman–Crippen LogP) is 5.48. The van der Waals surface area contributed by atoms with E-state index in [1.54, 1.807) is 0 Å². The van der Waals surface area contributed by atoms with Crippen molar-refractivity contribution in [3.05, 3.63) is 59.2 Å². The summed E-state index contributed by atoms with van der Waals surface area (Å²) < 4.78 is 0. The molecule has 0 aliphatic heterocycles. The normalized spacial score (nSPS) is 12.6. The Labute approximate surface area is 112 Å². The predicted molar refractivity (Wildman–Crippen MR) is 81.9 cm³/mol. The fraction of sp³-hybridized carbons (Fsp3) is 0.444. The van der Waals surface area contributed by atoms with Gasteiger partial charge >= 0.3 is 0 Å². The molecule has 0 N–H and O–H groups in total. The van der Waals surface area contributed by atoms with Gasteiger partial charge in [-0.2, -0.15) is 0 Å². The van der Waals surface area contributed by atoms with Crippen LogP contribution >= 0.6 is 0 Å². The fourth-order valence-corrected chi connectivity index (χ4v) is 1.82. The molecule has 0 heteroatoms. The maximum absolute atomic E-state index is 2.33. The average Bonchev–Trinajstić information content (AvgIpc) is 2.31. The van der Waals surface area contributed by atoms with Crippen molar-refractivity contribution in [2.45, 2.75) is 47.0 Å². The summed E-state index contributed by atoms with van der Waals surface area (Å²) in [5.74, 6) is 0.751. The summed E-state index contributed by atoms with van der Waals surface area (Å²) >= 11 is 0. The second-order valence-electron chi connectivity index (χ2n) is 5.50. The van der Waals surface area contributed by atoms with Crippen LogP contribution in [-0.4, -0.2) is 0 Å². The van der Waals surface area contributed by atoms with Crippen LogP contribution in [0, 0.1) is 12.8 Å². The van der Waals surface area contributed by atoms with Crippen LogP contribution in [0.2, 0.25) is 0 Å². The fourth-order valence-electron chi connectivity index (χ4n) is 1.82. The lowest BCUT2D eigenvalue weighted by Crippen LogP contribution is -1.84. The van der Waals surface area contributed by atoms with E-state index in [-0.39, 0.29) is 0 Å². The van der Waals surface area contributed by atoms with Gasteiger partial charge in [0.15, 0.2) is 0 Å². The summed E-state index contributed by atoms with van der Waals surface area (Å²) in [6.07, 6.45) is 10.3. The first-order valence-electron chi connectivity index (χ1n) is 6.97. The molecule has 1 rings (SSSR count). The minimum absolute atomic E-state index is 0.751. The third kappa shape index (κ3) is 6.44. The summed E-state index contributed by atoms with van der Waals surface area (Å²) in [4.78, 5) is 0. The van der Waals surface area contributed by atoms with E-state index in [1.165, 1.54) is 23.1 Å². The van der Waals surface area contributed by atoms with Crippen molar-refractivity contribution in [3.8, 4) is 0 Å².